The maximum Gasteiger partial charge on any atom is 0.261 e. The standard InChI is InChI=1S/C24H19IN2O2/c25-19-9-12-22-21(16-19)24(29)27(15-14-17-4-2-1-3-5-17)23(26-22)13-8-18-6-10-20(28)11-7-18/h1-13,16,28H,14-15H2/b13-8+. The van der Waals surface area contributed by atoms with Crippen LogP contribution in [0, 0.1) is 3.57 Å². The highest BCUT2D eigenvalue weighted by molar-refractivity contribution is 14.1. The van der Waals surface area contributed by atoms with Crippen molar-refractivity contribution < 1.29 is 5.11 Å². The molecule has 0 amide bonds. The van der Waals surface area contributed by atoms with Crippen LogP contribution in [-0.2, 0) is 13.0 Å². The van der Waals surface area contributed by atoms with Crippen molar-refractivity contribution in [1.82, 2.24) is 9.55 Å². The third kappa shape index (κ3) is 4.56. The lowest BCUT2D eigenvalue weighted by Gasteiger charge is -2.12. The van der Waals surface area contributed by atoms with Crippen molar-refractivity contribution in [2.24, 2.45) is 0 Å². The van der Waals surface area contributed by atoms with Crippen LogP contribution in [0.4, 0.5) is 0 Å². The summed E-state index contributed by atoms with van der Waals surface area (Å²) in [6, 6.07) is 22.8. The van der Waals surface area contributed by atoms with Gasteiger partial charge in [0.15, 0.2) is 0 Å². The lowest BCUT2D eigenvalue weighted by molar-refractivity contribution is 0.475. The first-order chi connectivity index (χ1) is 14.1. The number of aromatic nitrogens is 2. The normalized spacial score (nSPS) is 11.3. The number of aromatic hydroxyl groups is 1. The van der Waals surface area contributed by atoms with Gasteiger partial charge in [-0.1, -0.05) is 48.5 Å². The Balaban J connectivity index is 1.76. The lowest BCUT2D eigenvalue weighted by Crippen LogP contribution is -2.25. The SMILES string of the molecule is O=c1c2cc(I)ccc2nc(/C=C/c2ccc(O)cc2)n1CCc1ccccc1. The summed E-state index contributed by atoms with van der Waals surface area (Å²) in [5, 5.41) is 10.1. The smallest absolute Gasteiger partial charge is 0.261 e. The van der Waals surface area contributed by atoms with Crippen LogP contribution in [0.2, 0.25) is 0 Å². The zero-order valence-corrected chi connectivity index (χ0v) is 17.8. The summed E-state index contributed by atoms with van der Waals surface area (Å²) in [4.78, 5) is 18.0. The van der Waals surface area contributed by atoms with Crippen LogP contribution in [0.5, 0.6) is 5.75 Å². The van der Waals surface area contributed by atoms with E-state index in [0.29, 0.717) is 23.3 Å². The molecule has 144 valence electrons. The number of halogens is 1. The molecule has 29 heavy (non-hydrogen) atoms. The molecule has 0 aliphatic carbocycles. The molecule has 1 aromatic heterocycles. The van der Waals surface area contributed by atoms with Crippen molar-refractivity contribution in [2.75, 3.05) is 0 Å². The molecule has 0 saturated heterocycles. The second kappa shape index (κ2) is 8.61. The molecule has 4 rings (SSSR count). The molecule has 1 N–H and O–H groups in total. The first kappa shape index (κ1) is 19.4. The van der Waals surface area contributed by atoms with Crippen molar-refractivity contribution in [2.45, 2.75) is 13.0 Å². The Morgan fingerprint density at radius 3 is 2.48 bits per heavy atom. The number of rotatable bonds is 5. The molecule has 0 radical (unpaired) electrons. The van der Waals surface area contributed by atoms with E-state index in [-0.39, 0.29) is 11.3 Å². The fourth-order valence-electron chi connectivity index (χ4n) is 3.20. The molecule has 3 aromatic carbocycles. The fourth-order valence-corrected chi connectivity index (χ4v) is 3.69. The number of fused-ring (bicyclic) bond motifs is 1. The summed E-state index contributed by atoms with van der Waals surface area (Å²) in [6.45, 7) is 0.548. The van der Waals surface area contributed by atoms with Gasteiger partial charge in [-0.15, -0.1) is 0 Å². The van der Waals surface area contributed by atoms with E-state index in [1.165, 1.54) is 5.56 Å². The Morgan fingerprint density at radius 1 is 0.966 bits per heavy atom. The minimum Gasteiger partial charge on any atom is -0.508 e. The van der Waals surface area contributed by atoms with Crippen molar-refractivity contribution in [3.63, 3.8) is 0 Å². The van der Waals surface area contributed by atoms with Crippen LogP contribution >= 0.6 is 22.6 Å². The van der Waals surface area contributed by atoms with Crippen molar-refractivity contribution in [3.8, 4) is 5.75 Å². The quantitative estimate of drug-likeness (QED) is 0.392. The zero-order valence-electron chi connectivity index (χ0n) is 15.6. The van der Waals surface area contributed by atoms with Crippen LogP contribution in [0.15, 0.2) is 77.6 Å². The van der Waals surface area contributed by atoms with Gasteiger partial charge in [0.2, 0.25) is 0 Å². The summed E-state index contributed by atoms with van der Waals surface area (Å²) in [5.74, 6) is 0.841. The molecule has 0 aliphatic heterocycles. The van der Waals surface area contributed by atoms with Crippen LogP contribution < -0.4 is 5.56 Å². The summed E-state index contributed by atoms with van der Waals surface area (Å²) < 4.78 is 2.75. The molecule has 0 unspecified atom stereocenters. The van der Waals surface area contributed by atoms with Gasteiger partial charge in [-0.3, -0.25) is 9.36 Å². The number of phenolic OH excluding ortho intramolecular Hbond substituents is 1. The Morgan fingerprint density at radius 2 is 1.72 bits per heavy atom. The Labute approximate surface area is 182 Å². The first-order valence-corrected chi connectivity index (χ1v) is 10.4. The van der Waals surface area contributed by atoms with E-state index in [1.54, 1.807) is 16.7 Å². The van der Waals surface area contributed by atoms with Crippen molar-refractivity contribution >= 4 is 45.6 Å². The van der Waals surface area contributed by atoms with Gasteiger partial charge in [-0.05, 0) is 76.5 Å². The average molecular weight is 494 g/mol. The predicted octanol–water partition coefficient (Wildman–Crippen LogP) is 5.12. The summed E-state index contributed by atoms with van der Waals surface area (Å²) >= 11 is 2.21. The molecule has 0 fully saturated rings. The molecule has 4 aromatic rings. The average Bonchev–Trinajstić information content (AvgIpc) is 2.74. The van der Waals surface area contributed by atoms with E-state index >= 15 is 0 Å². The monoisotopic (exact) mass is 494 g/mol. The Bertz CT molecular complexity index is 1230. The molecule has 4 nitrogen and oxygen atoms in total. The van der Waals surface area contributed by atoms with Crippen LogP contribution in [-0.4, -0.2) is 14.7 Å². The third-order valence-corrected chi connectivity index (χ3v) is 5.40. The van der Waals surface area contributed by atoms with Gasteiger partial charge in [-0.25, -0.2) is 4.98 Å². The van der Waals surface area contributed by atoms with E-state index in [1.807, 2.05) is 60.7 Å². The molecular formula is C24H19IN2O2. The highest BCUT2D eigenvalue weighted by atomic mass is 127. The molecule has 5 heteroatoms. The minimum absolute atomic E-state index is 0.0326. The summed E-state index contributed by atoms with van der Waals surface area (Å²) in [5.41, 5.74) is 2.76. The molecule has 0 aliphatic rings. The van der Waals surface area contributed by atoms with Crippen LogP contribution in [0.1, 0.15) is 17.0 Å². The largest absolute Gasteiger partial charge is 0.508 e. The van der Waals surface area contributed by atoms with Crippen molar-refractivity contribution in [1.29, 1.82) is 0 Å². The number of hydrogen-bond acceptors (Lipinski definition) is 3. The number of phenols is 1. The molecule has 0 spiro atoms. The van der Waals surface area contributed by atoms with E-state index < -0.39 is 0 Å². The van der Waals surface area contributed by atoms with Gasteiger partial charge in [0.05, 0.1) is 10.9 Å². The topological polar surface area (TPSA) is 55.1 Å². The molecular weight excluding hydrogens is 475 g/mol. The summed E-state index contributed by atoms with van der Waals surface area (Å²) in [7, 11) is 0. The Kier molecular flexibility index (Phi) is 5.76. The van der Waals surface area contributed by atoms with E-state index in [9.17, 15) is 9.90 Å². The van der Waals surface area contributed by atoms with E-state index in [4.69, 9.17) is 4.98 Å². The van der Waals surface area contributed by atoms with Gasteiger partial charge >= 0.3 is 0 Å². The van der Waals surface area contributed by atoms with Crippen molar-refractivity contribution in [3.05, 3.63) is 104 Å². The number of hydrogen-bond donors (Lipinski definition) is 1. The van der Waals surface area contributed by atoms with Crippen LogP contribution in [0.25, 0.3) is 23.1 Å². The molecule has 0 saturated carbocycles. The maximum absolute atomic E-state index is 13.2. The number of benzene rings is 3. The first-order valence-electron chi connectivity index (χ1n) is 9.31. The zero-order chi connectivity index (χ0) is 20.2. The second-order valence-corrected chi connectivity index (χ2v) is 7.99. The third-order valence-electron chi connectivity index (χ3n) is 4.73. The van der Waals surface area contributed by atoms with Gasteiger partial charge in [0.25, 0.3) is 5.56 Å². The van der Waals surface area contributed by atoms with Gasteiger partial charge in [-0.2, -0.15) is 0 Å². The maximum atomic E-state index is 13.2. The highest BCUT2D eigenvalue weighted by Gasteiger charge is 2.10. The fraction of sp³-hybridized carbons (Fsp3) is 0.0833. The van der Waals surface area contributed by atoms with Gasteiger partial charge < -0.3 is 5.11 Å². The molecule has 0 bridgehead atoms. The number of nitrogens with zero attached hydrogens (tertiary/aromatic N) is 2. The van der Waals surface area contributed by atoms with E-state index in [2.05, 4.69) is 34.7 Å². The van der Waals surface area contributed by atoms with Gasteiger partial charge in [0, 0.05) is 10.1 Å². The predicted molar refractivity (Wildman–Crippen MR) is 126 cm³/mol. The molecule has 1 heterocycles. The highest BCUT2D eigenvalue weighted by Crippen LogP contribution is 2.16. The minimum atomic E-state index is -0.0326. The number of aryl methyl sites for hydroxylation is 1. The summed E-state index contributed by atoms with van der Waals surface area (Å²) in [6.07, 6.45) is 4.51. The Hall–Kier alpha value is -2.93. The molecule has 0 atom stereocenters. The lowest BCUT2D eigenvalue weighted by atomic mass is 10.1. The van der Waals surface area contributed by atoms with Crippen LogP contribution in [0.3, 0.4) is 0 Å². The second-order valence-electron chi connectivity index (χ2n) is 6.75. The van der Waals surface area contributed by atoms with E-state index in [0.717, 1.165) is 15.6 Å². The van der Waals surface area contributed by atoms with Gasteiger partial charge in [0.1, 0.15) is 11.6 Å².